The van der Waals surface area contributed by atoms with Crippen LogP contribution in [0.25, 0.3) is 0 Å². The van der Waals surface area contributed by atoms with Crippen LogP contribution in [-0.4, -0.2) is 79.0 Å². The van der Waals surface area contributed by atoms with E-state index >= 15 is 0 Å². The molecule has 1 aromatic heterocycles. The van der Waals surface area contributed by atoms with Crippen molar-refractivity contribution in [2.45, 2.75) is 0 Å². The minimum Gasteiger partial charge on any atom is -0.366 e. The maximum absolute atomic E-state index is 13.9. The van der Waals surface area contributed by atoms with Gasteiger partial charge in [0.1, 0.15) is 11.5 Å². The van der Waals surface area contributed by atoms with Crippen molar-refractivity contribution in [2.75, 3.05) is 63.6 Å². The van der Waals surface area contributed by atoms with Crippen molar-refractivity contribution in [1.29, 1.82) is 0 Å². The van der Waals surface area contributed by atoms with Crippen molar-refractivity contribution >= 4 is 17.5 Å². The molecule has 1 aliphatic rings. The average Bonchev–Trinajstić information content (AvgIpc) is 2.68. The van der Waals surface area contributed by atoms with Crippen LogP contribution >= 0.6 is 0 Å². The third kappa shape index (κ3) is 4.91. The second-order valence-corrected chi connectivity index (χ2v) is 6.73. The molecular formula is C19H25FN6O. The topological polar surface area (TPSA) is 64.6 Å². The number of carbonyl (C=O) groups excluding carboxylic acids is 1. The fourth-order valence-electron chi connectivity index (χ4n) is 2.97. The van der Waals surface area contributed by atoms with Crippen molar-refractivity contribution in [1.82, 2.24) is 19.8 Å². The van der Waals surface area contributed by atoms with Crippen LogP contribution in [0.15, 0.2) is 36.5 Å². The van der Waals surface area contributed by atoms with Gasteiger partial charge in [0.25, 0.3) is 5.91 Å². The Morgan fingerprint density at radius 3 is 2.63 bits per heavy atom. The Morgan fingerprint density at radius 2 is 1.93 bits per heavy atom. The van der Waals surface area contributed by atoms with Crippen LogP contribution in [0.3, 0.4) is 0 Å². The quantitative estimate of drug-likeness (QED) is 0.830. The predicted molar refractivity (Wildman–Crippen MR) is 104 cm³/mol. The number of piperazine rings is 1. The highest BCUT2D eigenvalue weighted by Gasteiger charge is 2.24. The highest BCUT2D eigenvalue weighted by Crippen LogP contribution is 2.20. The van der Waals surface area contributed by atoms with Gasteiger partial charge < -0.3 is 20.0 Å². The van der Waals surface area contributed by atoms with Crippen molar-refractivity contribution in [3.63, 3.8) is 0 Å². The number of anilines is 2. The minimum atomic E-state index is -0.235. The number of amides is 1. The SMILES string of the molecule is CN(C)CCNc1nccc(C(=O)N2CCN(c3ccccc3F)CC2)n1. The Hall–Kier alpha value is -2.74. The van der Waals surface area contributed by atoms with Crippen LogP contribution in [0.2, 0.25) is 0 Å². The second-order valence-electron chi connectivity index (χ2n) is 6.73. The summed E-state index contributed by atoms with van der Waals surface area (Å²) in [6, 6.07) is 8.35. The van der Waals surface area contributed by atoms with Crippen molar-refractivity contribution in [2.24, 2.45) is 0 Å². The summed E-state index contributed by atoms with van der Waals surface area (Å²) in [6.45, 7) is 3.78. The first-order chi connectivity index (χ1) is 13.0. The van der Waals surface area contributed by atoms with E-state index in [1.807, 2.05) is 25.1 Å². The number of hydrogen-bond acceptors (Lipinski definition) is 6. The lowest BCUT2D eigenvalue weighted by Crippen LogP contribution is -2.49. The number of nitrogens with one attached hydrogen (secondary N) is 1. The van der Waals surface area contributed by atoms with Crippen LogP contribution in [0.5, 0.6) is 0 Å². The zero-order chi connectivity index (χ0) is 19.2. The third-order valence-electron chi connectivity index (χ3n) is 4.48. The summed E-state index contributed by atoms with van der Waals surface area (Å²) in [5, 5.41) is 3.12. The number of rotatable bonds is 6. The van der Waals surface area contributed by atoms with Crippen LogP contribution in [-0.2, 0) is 0 Å². The van der Waals surface area contributed by atoms with Gasteiger partial charge in [0.15, 0.2) is 0 Å². The molecular weight excluding hydrogens is 347 g/mol. The van der Waals surface area contributed by atoms with E-state index in [9.17, 15) is 9.18 Å². The number of para-hydroxylation sites is 1. The molecule has 1 aliphatic heterocycles. The van der Waals surface area contributed by atoms with E-state index in [4.69, 9.17) is 0 Å². The molecule has 8 heteroatoms. The van der Waals surface area contributed by atoms with Gasteiger partial charge in [0, 0.05) is 45.5 Å². The normalized spacial score (nSPS) is 14.5. The molecule has 27 heavy (non-hydrogen) atoms. The zero-order valence-electron chi connectivity index (χ0n) is 15.7. The molecule has 1 amide bonds. The van der Waals surface area contributed by atoms with E-state index in [1.54, 1.807) is 29.3 Å². The molecule has 0 saturated carbocycles. The highest BCUT2D eigenvalue weighted by atomic mass is 19.1. The van der Waals surface area contributed by atoms with Gasteiger partial charge >= 0.3 is 0 Å². The number of likely N-dealkylation sites (N-methyl/N-ethyl adjacent to an activating group) is 1. The number of carbonyl (C=O) groups is 1. The predicted octanol–water partition coefficient (Wildman–Crippen LogP) is 1.55. The molecule has 1 fully saturated rings. The summed E-state index contributed by atoms with van der Waals surface area (Å²) in [6.07, 6.45) is 1.59. The van der Waals surface area contributed by atoms with E-state index < -0.39 is 0 Å². The van der Waals surface area contributed by atoms with Gasteiger partial charge in [0.2, 0.25) is 5.95 Å². The Bertz CT molecular complexity index is 776. The van der Waals surface area contributed by atoms with E-state index in [-0.39, 0.29) is 11.7 Å². The van der Waals surface area contributed by atoms with Gasteiger partial charge in [-0.15, -0.1) is 0 Å². The molecule has 1 N–H and O–H groups in total. The van der Waals surface area contributed by atoms with E-state index in [0.717, 1.165) is 6.54 Å². The maximum Gasteiger partial charge on any atom is 0.272 e. The second kappa shape index (κ2) is 8.77. The summed E-state index contributed by atoms with van der Waals surface area (Å²) in [5.74, 6) is 0.0930. The van der Waals surface area contributed by atoms with E-state index in [1.165, 1.54) is 6.07 Å². The lowest BCUT2D eigenvalue weighted by molar-refractivity contribution is 0.0740. The fourth-order valence-corrected chi connectivity index (χ4v) is 2.97. The first-order valence-electron chi connectivity index (χ1n) is 9.05. The van der Waals surface area contributed by atoms with Crippen LogP contribution in [0, 0.1) is 5.82 Å². The number of hydrogen-bond donors (Lipinski definition) is 1. The molecule has 7 nitrogen and oxygen atoms in total. The monoisotopic (exact) mass is 372 g/mol. The van der Waals surface area contributed by atoms with Crippen molar-refractivity contribution in [3.8, 4) is 0 Å². The molecule has 0 radical (unpaired) electrons. The minimum absolute atomic E-state index is 0.124. The van der Waals surface area contributed by atoms with E-state index in [0.29, 0.717) is 50.1 Å². The van der Waals surface area contributed by atoms with Crippen molar-refractivity contribution in [3.05, 3.63) is 48.0 Å². The van der Waals surface area contributed by atoms with Gasteiger partial charge in [-0.05, 0) is 32.3 Å². The third-order valence-corrected chi connectivity index (χ3v) is 4.48. The summed E-state index contributed by atoms with van der Waals surface area (Å²) < 4.78 is 13.9. The van der Waals surface area contributed by atoms with Gasteiger partial charge in [0.05, 0.1) is 5.69 Å². The highest BCUT2D eigenvalue weighted by molar-refractivity contribution is 5.92. The van der Waals surface area contributed by atoms with Gasteiger partial charge in [-0.2, -0.15) is 0 Å². The number of aromatic nitrogens is 2. The van der Waals surface area contributed by atoms with Crippen LogP contribution in [0.4, 0.5) is 16.0 Å². The van der Waals surface area contributed by atoms with Gasteiger partial charge in [-0.3, -0.25) is 4.79 Å². The molecule has 0 bridgehead atoms. The molecule has 2 aromatic rings. The molecule has 1 saturated heterocycles. The summed E-state index contributed by atoms with van der Waals surface area (Å²) in [4.78, 5) is 27.0. The molecule has 0 aliphatic carbocycles. The van der Waals surface area contributed by atoms with Gasteiger partial charge in [-0.25, -0.2) is 14.4 Å². The molecule has 0 spiro atoms. The zero-order valence-corrected chi connectivity index (χ0v) is 15.7. The molecule has 3 rings (SSSR count). The molecule has 0 unspecified atom stereocenters. The number of halogens is 1. The van der Waals surface area contributed by atoms with Gasteiger partial charge in [-0.1, -0.05) is 12.1 Å². The van der Waals surface area contributed by atoms with E-state index in [2.05, 4.69) is 20.2 Å². The molecule has 1 aromatic carbocycles. The smallest absolute Gasteiger partial charge is 0.272 e. The van der Waals surface area contributed by atoms with Crippen LogP contribution in [0.1, 0.15) is 10.5 Å². The number of nitrogens with zero attached hydrogens (tertiary/aromatic N) is 5. The first kappa shape index (κ1) is 19.0. The fraction of sp³-hybridized carbons (Fsp3) is 0.421. The lowest BCUT2D eigenvalue weighted by atomic mass is 10.2. The molecule has 2 heterocycles. The first-order valence-corrected chi connectivity index (χ1v) is 9.05. The summed E-state index contributed by atoms with van der Waals surface area (Å²) in [5.41, 5.74) is 0.954. The summed E-state index contributed by atoms with van der Waals surface area (Å²) >= 11 is 0. The van der Waals surface area contributed by atoms with Crippen molar-refractivity contribution < 1.29 is 9.18 Å². The Morgan fingerprint density at radius 1 is 1.19 bits per heavy atom. The molecule has 0 atom stereocenters. The Labute approximate surface area is 158 Å². The average molecular weight is 372 g/mol. The largest absolute Gasteiger partial charge is 0.366 e. The molecule has 144 valence electrons. The maximum atomic E-state index is 13.9. The Balaban J connectivity index is 1.58. The Kier molecular flexibility index (Phi) is 6.18. The van der Waals surface area contributed by atoms with Crippen LogP contribution < -0.4 is 10.2 Å². The summed E-state index contributed by atoms with van der Waals surface area (Å²) in [7, 11) is 3.98. The lowest BCUT2D eigenvalue weighted by Gasteiger charge is -2.36. The number of benzene rings is 1. The standard InChI is InChI=1S/C19H25FN6O/c1-24(2)10-9-22-19-21-8-7-16(23-19)18(27)26-13-11-25(12-14-26)17-6-4-3-5-15(17)20/h3-8H,9-14H2,1-2H3,(H,21,22,23).